The number of sulfonamides is 1. The van der Waals surface area contributed by atoms with Crippen LogP contribution in [0.4, 0.5) is 5.95 Å². The second-order valence-corrected chi connectivity index (χ2v) is 11.2. The lowest BCUT2D eigenvalue weighted by molar-refractivity contribution is 0.0466. The minimum absolute atomic E-state index is 0.0205. The molecule has 12 nitrogen and oxygen atoms in total. The van der Waals surface area contributed by atoms with Crippen molar-refractivity contribution < 1.29 is 27.4 Å². The minimum Gasteiger partial charge on any atom is -0.494 e. The molecule has 0 bridgehead atoms. The summed E-state index contributed by atoms with van der Waals surface area (Å²) >= 11 is 5.93. The van der Waals surface area contributed by atoms with E-state index in [2.05, 4.69) is 24.9 Å². The van der Waals surface area contributed by atoms with E-state index in [-0.39, 0.29) is 17.7 Å². The Kier molecular flexibility index (Phi) is 9.03. The number of anilines is 1. The molecular weight excluding hydrogens is 536 g/mol. The van der Waals surface area contributed by atoms with E-state index in [4.69, 9.17) is 30.5 Å². The van der Waals surface area contributed by atoms with Crippen molar-refractivity contribution in [2.24, 2.45) is 0 Å². The van der Waals surface area contributed by atoms with Gasteiger partial charge >= 0.3 is 0 Å². The van der Waals surface area contributed by atoms with Gasteiger partial charge in [-0.2, -0.15) is 0 Å². The zero-order valence-corrected chi connectivity index (χ0v) is 23.2. The molecule has 3 aromatic rings. The molecule has 0 aliphatic carbocycles. The molecule has 206 valence electrons. The summed E-state index contributed by atoms with van der Waals surface area (Å²) in [6, 6.07) is 5.28. The first-order valence-electron chi connectivity index (χ1n) is 12.2. The highest BCUT2D eigenvalue weighted by Crippen LogP contribution is 2.38. The number of para-hydroxylation sites is 1. The molecule has 0 unspecified atom stereocenters. The van der Waals surface area contributed by atoms with Gasteiger partial charge in [0.05, 0.1) is 25.8 Å². The van der Waals surface area contributed by atoms with E-state index >= 15 is 0 Å². The SMILES string of the molecule is CCCO[C@@H](c1ncc(Cl)cn1)[C@H](C)S(=O)(=O)Nc1nnc([C@H]2CCOC2)n1-c1c(OC)cccc1OC. The maximum Gasteiger partial charge on any atom is 0.243 e. The number of hydrogen-bond acceptors (Lipinski definition) is 10. The van der Waals surface area contributed by atoms with Crippen LogP contribution in [0.2, 0.25) is 5.02 Å². The van der Waals surface area contributed by atoms with Crippen LogP contribution < -0.4 is 14.2 Å². The molecule has 0 amide bonds. The summed E-state index contributed by atoms with van der Waals surface area (Å²) in [5.74, 6) is 1.52. The first-order chi connectivity index (χ1) is 18.3. The predicted molar refractivity (Wildman–Crippen MR) is 141 cm³/mol. The van der Waals surface area contributed by atoms with Crippen molar-refractivity contribution in [1.82, 2.24) is 24.7 Å². The zero-order chi connectivity index (χ0) is 27.3. The molecule has 1 aliphatic heterocycles. The third-order valence-electron chi connectivity index (χ3n) is 6.15. The van der Waals surface area contributed by atoms with Gasteiger partial charge in [-0.25, -0.2) is 18.4 Å². The highest BCUT2D eigenvalue weighted by atomic mass is 35.5. The number of nitrogens with one attached hydrogen (secondary N) is 1. The molecule has 14 heteroatoms. The van der Waals surface area contributed by atoms with Crippen LogP contribution in [0.5, 0.6) is 11.5 Å². The van der Waals surface area contributed by atoms with Crippen LogP contribution in [0.15, 0.2) is 30.6 Å². The molecule has 0 saturated carbocycles. The number of benzene rings is 1. The van der Waals surface area contributed by atoms with Crippen molar-refractivity contribution in [2.75, 3.05) is 38.8 Å². The summed E-state index contributed by atoms with van der Waals surface area (Å²) in [6.45, 7) is 4.76. The van der Waals surface area contributed by atoms with Crippen molar-refractivity contribution in [1.29, 1.82) is 0 Å². The molecule has 4 rings (SSSR count). The van der Waals surface area contributed by atoms with E-state index in [1.807, 2.05) is 6.92 Å². The van der Waals surface area contributed by atoms with Crippen LogP contribution >= 0.6 is 11.6 Å². The van der Waals surface area contributed by atoms with Gasteiger partial charge in [0.1, 0.15) is 34.4 Å². The fraction of sp³-hybridized carbons (Fsp3) is 0.500. The zero-order valence-electron chi connectivity index (χ0n) is 21.6. The summed E-state index contributed by atoms with van der Waals surface area (Å²) in [5.41, 5.74) is 0.467. The number of ether oxygens (including phenoxy) is 4. The van der Waals surface area contributed by atoms with Gasteiger partial charge in [-0.15, -0.1) is 10.2 Å². The van der Waals surface area contributed by atoms with E-state index in [9.17, 15) is 8.42 Å². The van der Waals surface area contributed by atoms with Crippen molar-refractivity contribution >= 4 is 27.6 Å². The number of hydrogen-bond donors (Lipinski definition) is 1. The highest BCUT2D eigenvalue weighted by Gasteiger charge is 2.36. The Morgan fingerprint density at radius 2 is 1.87 bits per heavy atom. The maximum absolute atomic E-state index is 13.7. The van der Waals surface area contributed by atoms with Crippen molar-refractivity contribution in [3.63, 3.8) is 0 Å². The van der Waals surface area contributed by atoms with E-state index in [1.165, 1.54) is 33.5 Å². The second kappa shape index (κ2) is 12.2. The fourth-order valence-corrected chi connectivity index (χ4v) is 5.35. The molecule has 1 fully saturated rings. The summed E-state index contributed by atoms with van der Waals surface area (Å²) in [7, 11) is -1.06. The molecule has 1 N–H and O–H groups in total. The smallest absolute Gasteiger partial charge is 0.243 e. The number of methoxy groups -OCH3 is 2. The van der Waals surface area contributed by atoms with E-state index < -0.39 is 21.4 Å². The van der Waals surface area contributed by atoms with Gasteiger partial charge < -0.3 is 18.9 Å². The molecule has 3 heterocycles. The molecule has 0 spiro atoms. The van der Waals surface area contributed by atoms with Gasteiger partial charge in [-0.3, -0.25) is 9.29 Å². The van der Waals surface area contributed by atoms with Crippen molar-refractivity contribution in [3.8, 4) is 17.2 Å². The Balaban J connectivity index is 1.77. The average Bonchev–Trinajstić information content (AvgIpc) is 3.59. The quantitative estimate of drug-likeness (QED) is 0.346. The van der Waals surface area contributed by atoms with E-state index in [1.54, 1.807) is 22.8 Å². The van der Waals surface area contributed by atoms with E-state index in [0.29, 0.717) is 60.7 Å². The Hall–Kier alpha value is -3.00. The van der Waals surface area contributed by atoms with Gasteiger partial charge in [0.2, 0.25) is 16.0 Å². The lowest BCUT2D eigenvalue weighted by Crippen LogP contribution is -2.34. The molecule has 2 aromatic heterocycles. The maximum atomic E-state index is 13.7. The Morgan fingerprint density at radius 3 is 2.45 bits per heavy atom. The van der Waals surface area contributed by atoms with Gasteiger partial charge in [0.15, 0.2) is 5.82 Å². The molecule has 3 atom stereocenters. The summed E-state index contributed by atoms with van der Waals surface area (Å²) in [5, 5.41) is 7.82. The van der Waals surface area contributed by atoms with Crippen molar-refractivity contribution in [3.05, 3.63) is 47.3 Å². The van der Waals surface area contributed by atoms with Crippen LogP contribution in [-0.4, -0.2) is 72.4 Å². The van der Waals surface area contributed by atoms with Crippen LogP contribution in [0, 0.1) is 0 Å². The van der Waals surface area contributed by atoms with Crippen LogP contribution in [0.25, 0.3) is 5.69 Å². The summed E-state index contributed by atoms with van der Waals surface area (Å²) < 4.78 is 54.3. The first-order valence-corrected chi connectivity index (χ1v) is 14.1. The van der Waals surface area contributed by atoms with Gasteiger partial charge in [-0.1, -0.05) is 24.6 Å². The van der Waals surface area contributed by atoms with Gasteiger partial charge in [0.25, 0.3) is 0 Å². The average molecular weight is 567 g/mol. The summed E-state index contributed by atoms with van der Waals surface area (Å²) in [6.07, 6.45) is 3.24. The first kappa shape index (κ1) is 28.0. The Morgan fingerprint density at radius 1 is 1.18 bits per heavy atom. The molecule has 1 aromatic carbocycles. The Bertz CT molecular complexity index is 1310. The number of halogens is 1. The third-order valence-corrected chi connectivity index (χ3v) is 8.04. The molecule has 1 saturated heterocycles. The van der Waals surface area contributed by atoms with Crippen LogP contribution in [0.3, 0.4) is 0 Å². The number of aromatic nitrogens is 5. The monoisotopic (exact) mass is 566 g/mol. The summed E-state index contributed by atoms with van der Waals surface area (Å²) in [4.78, 5) is 8.40. The number of nitrogens with zero attached hydrogens (tertiary/aromatic N) is 5. The molecular formula is C24H31ClN6O6S. The second-order valence-electron chi connectivity index (χ2n) is 8.69. The van der Waals surface area contributed by atoms with Crippen molar-refractivity contribution in [2.45, 2.75) is 44.0 Å². The largest absolute Gasteiger partial charge is 0.494 e. The van der Waals surface area contributed by atoms with Crippen LogP contribution in [0.1, 0.15) is 50.4 Å². The van der Waals surface area contributed by atoms with Gasteiger partial charge in [-0.05, 0) is 31.9 Å². The topological polar surface area (TPSA) is 140 Å². The normalized spacial score (nSPS) is 17.2. The molecule has 38 heavy (non-hydrogen) atoms. The molecule has 0 radical (unpaired) electrons. The number of rotatable bonds is 12. The minimum atomic E-state index is -4.11. The predicted octanol–water partition coefficient (Wildman–Crippen LogP) is 3.53. The third kappa shape index (κ3) is 5.85. The van der Waals surface area contributed by atoms with E-state index in [0.717, 1.165) is 0 Å². The lowest BCUT2D eigenvalue weighted by atomic mass is 10.1. The van der Waals surface area contributed by atoms with Crippen LogP contribution in [-0.2, 0) is 19.5 Å². The lowest BCUT2D eigenvalue weighted by Gasteiger charge is -2.24. The standard InChI is InChI=1S/C24H31ClN6O6S/c1-5-10-37-21(22-26-12-17(25)13-27-22)15(2)38(32,33)30-24-29-28-23(16-9-11-36-14-16)31(24)20-18(34-3)7-6-8-19(20)35-4/h6-8,12-13,15-16,21H,5,9-11,14H2,1-4H3,(H,29,30)/t15-,16-,21+/m0/s1. The fourth-order valence-electron chi connectivity index (χ4n) is 4.15. The Labute approximate surface area is 226 Å². The molecule has 1 aliphatic rings. The van der Waals surface area contributed by atoms with Gasteiger partial charge in [0, 0.05) is 31.5 Å². The highest BCUT2D eigenvalue weighted by molar-refractivity contribution is 7.93.